The Morgan fingerprint density at radius 1 is 1.00 bits per heavy atom. The van der Waals surface area contributed by atoms with Crippen molar-refractivity contribution in [3.8, 4) is 0 Å². The summed E-state index contributed by atoms with van der Waals surface area (Å²) in [6, 6.07) is 13.3. The number of hydrazone groups is 1. The molecule has 0 spiro atoms. The second-order valence-corrected chi connectivity index (χ2v) is 5.86. The number of rotatable bonds is 3. The molecule has 0 saturated carbocycles. The smallest absolute Gasteiger partial charge is 0.267 e. The molecule has 2 aromatic carbocycles. The fourth-order valence-electron chi connectivity index (χ4n) is 1.83. The highest BCUT2D eigenvalue weighted by Crippen LogP contribution is 2.12. The highest BCUT2D eigenvalue weighted by Gasteiger charge is 2.05. The van der Waals surface area contributed by atoms with Gasteiger partial charge in [0.1, 0.15) is 0 Å². The molecule has 2 aromatic rings. The number of halogens is 1. The molecule has 0 saturated heterocycles. The Morgan fingerprint density at radius 3 is 2.24 bits per heavy atom. The van der Waals surface area contributed by atoms with E-state index in [0.717, 1.165) is 15.7 Å². The topological polar surface area (TPSA) is 41.5 Å². The van der Waals surface area contributed by atoms with Gasteiger partial charge in [0.05, 0.1) is 5.71 Å². The summed E-state index contributed by atoms with van der Waals surface area (Å²) in [7, 11) is 0. The largest absolute Gasteiger partial charge is 0.271 e. The monoisotopic (exact) mass is 344 g/mol. The third-order valence-electron chi connectivity index (χ3n) is 3.36. The normalized spacial score (nSPS) is 11.3. The van der Waals surface area contributed by atoms with Crippen LogP contribution >= 0.6 is 15.9 Å². The Balaban J connectivity index is 2.10. The predicted octanol–water partition coefficient (Wildman–Crippen LogP) is 4.22. The first kappa shape index (κ1) is 15.4. The third-order valence-corrected chi connectivity index (χ3v) is 3.88. The first-order chi connectivity index (χ1) is 9.97. The number of carbonyl (C=O) groups is 1. The van der Waals surface area contributed by atoms with Gasteiger partial charge in [-0.3, -0.25) is 4.79 Å². The quantitative estimate of drug-likeness (QED) is 0.657. The first-order valence-electron chi connectivity index (χ1n) is 6.65. The van der Waals surface area contributed by atoms with Crippen LogP contribution in [0.2, 0.25) is 0 Å². The van der Waals surface area contributed by atoms with Gasteiger partial charge in [-0.2, -0.15) is 5.10 Å². The van der Waals surface area contributed by atoms with Crippen molar-refractivity contribution < 1.29 is 4.79 Å². The number of aryl methyl sites for hydroxylation is 2. The lowest BCUT2D eigenvalue weighted by Crippen LogP contribution is -2.19. The van der Waals surface area contributed by atoms with E-state index in [-0.39, 0.29) is 5.91 Å². The van der Waals surface area contributed by atoms with Gasteiger partial charge < -0.3 is 0 Å². The minimum atomic E-state index is -0.217. The van der Waals surface area contributed by atoms with Gasteiger partial charge in [0.15, 0.2) is 0 Å². The van der Waals surface area contributed by atoms with Crippen LogP contribution in [-0.2, 0) is 0 Å². The number of nitrogens with one attached hydrogen (secondary N) is 1. The maximum atomic E-state index is 12.0. The van der Waals surface area contributed by atoms with Crippen LogP contribution in [0.4, 0.5) is 0 Å². The summed E-state index contributed by atoms with van der Waals surface area (Å²) in [5.74, 6) is -0.217. The summed E-state index contributed by atoms with van der Waals surface area (Å²) in [5.41, 5.74) is 7.40. The average Bonchev–Trinajstić information content (AvgIpc) is 2.48. The van der Waals surface area contributed by atoms with Gasteiger partial charge in [-0.1, -0.05) is 28.1 Å². The molecular formula is C17H17BrN2O. The molecule has 108 valence electrons. The first-order valence-corrected chi connectivity index (χ1v) is 7.44. The van der Waals surface area contributed by atoms with Crippen molar-refractivity contribution in [3.63, 3.8) is 0 Å². The van der Waals surface area contributed by atoms with Crippen LogP contribution in [-0.4, -0.2) is 11.6 Å². The van der Waals surface area contributed by atoms with E-state index in [9.17, 15) is 4.79 Å². The third kappa shape index (κ3) is 4.02. The Hall–Kier alpha value is -1.94. The molecule has 21 heavy (non-hydrogen) atoms. The van der Waals surface area contributed by atoms with Crippen molar-refractivity contribution in [3.05, 3.63) is 69.2 Å². The summed E-state index contributed by atoms with van der Waals surface area (Å²) in [6.07, 6.45) is 0. The zero-order chi connectivity index (χ0) is 15.4. The van der Waals surface area contributed by atoms with Gasteiger partial charge in [0.2, 0.25) is 0 Å². The Bertz CT molecular complexity index is 690. The molecule has 0 heterocycles. The van der Waals surface area contributed by atoms with E-state index in [2.05, 4.69) is 52.4 Å². The highest BCUT2D eigenvalue weighted by molar-refractivity contribution is 9.10. The number of nitrogens with zero attached hydrogens (tertiary/aromatic N) is 1. The molecule has 0 unspecified atom stereocenters. The number of benzene rings is 2. The summed E-state index contributed by atoms with van der Waals surface area (Å²) in [4.78, 5) is 12.0. The number of amides is 1. The number of carbonyl (C=O) groups excluding carboxylic acids is 1. The fourth-order valence-corrected chi connectivity index (χ4v) is 2.10. The molecule has 4 heteroatoms. The van der Waals surface area contributed by atoms with Gasteiger partial charge in [0, 0.05) is 10.0 Å². The number of hydrogen-bond acceptors (Lipinski definition) is 2. The van der Waals surface area contributed by atoms with E-state index in [1.165, 1.54) is 11.1 Å². The van der Waals surface area contributed by atoms with E-state index in [1.54, 1.807) is 12.1 Å². The Kier molecular flexibility index (Phi) is 4.91. The summed E-state index contributed by atoms with van der Waals surface area (Å²) in [6.45, 7) is 6.01. The van der Waals surface area contributed by atoms with E-state index in [1.807, 2.05) is 25.1 Å². The summed E-state index contributed by atoms with van der Waals surface area (Å²) in [5, 5.41) is 4.17. The molecule has 0 aliphatic heterocycles. The summed E-state index contributed by atoms with van der Waals surface area (Å²) < 4.78 is 0.939. The van der Waals surface area contributed by atoms with Crippen LogP contribution in [0.1, 0.15) is 34.0 Å². The molecule has 1 N–H and O–H groups in total. The second-order valence-electron chi connectivity index (χ2n) is 4.94. The van der Waals surface area contributed by atoms with Crippen LogP contribution in [0.25, 0.3) is 0 Å². The maximum absolute atomic E-state index is 12.0. The lowest BCUT2D eigenvalue weighted by Gasteiger charge is -2.06. The van der Waals surface area contributed by atoms with E-state index in [0.29, 0.717) is 5.56 Å². The molecule has 0 atom stereocenters. The minimum absolute atomic E-state index is 0.217. The second kappa shape index (κ2) is 6.68. The predicted molar refractivity (Wildman–Crippen MR) is 89.7 cm³/mol. The Labute approximate surface area is 133 Å². The maximum Gasteiger partial charge on any atom is 0.271 e. The van der Waals surface area contributed by atoms with Gasteiger partial charge in [-0.15, -0.1) is 0 Å². The molecule has 0 bridgehead atoms. The fraction of sp³-hybridized carbons (Fsp3) is 0.176. The van der Waals surface area contributed by atoms with Gasteiger partial charge >= 0.3 is 0 Å². The average molecular weight is 345 g/mol. The van der Waals surface area contributed by atoms with Crippen molar-refractivity contribution in [1.29, 1.82) is 0 Å². The van der Waals surface area contributed by atoms with Crippen molar-refractivity contribution in [2.24, 2.45) is 5.10 Å². The molecule has 0 fully saturated rings. The van der Waals surface area contributed by atoms with Crippen LogP contribution in [0.5, 0.6) is 0 Å². The molecule has 0 aliphatic rings. The van der Waals surface area contributed by atoms with Crippen LogP contribution < -0.4 is 5.43 Å². The van der Waals surface area contributed by atoms with E-state index < -0.39 is 0 Å². The van der Waals surface area contributed by atoms with Crippen molar-refractivity contribution in [2.75, 3.05) is 0 Å². The molecule has 2 rings (SSSR count). The molecular weight excluding hydrogens is 328 g/mol. The zero-order valence-electron chi connectivity index (χ0n) is 12.3. The molecule has 0 aromatic heterocycles. The number of hydrogen-bond donors (Lipinski definition) is 1. The van der Waals surface area contributed by atoms with E-state index in [4.69, 9.17) is 0 Å². The lowest BCUT2D eigenvalue weighted by atomic mass is 10.0. The molecule has 0 radical (unpaired) electrons. The molecule has 0 aliphatic carbocycles. The van der Waals surface area contributed by atoms with Crippen LogP contribution in [0.3, 0.4) is 0 Å². The standard InChI is InChI=1S/C17H17BrN2O/c1-11-4-5-15(10-12(11)2)13(3)19-20-17(21)14-6-8-16(18)9-7-14/h4-10H,1-3H3,(H,20,21)/b19-13+. The van der Waals surface area contributed by atoms with Gasteiger partial charge in [-0.05, 0) is 67.8 Å². The molecule has 1 amide bonds. The van der Waals surface area contributed by atoms with E-state index >= 15 is 0 Å². The summed E-state index contributed by atoms with van der Waals surface area (Å²) >= 11 is 3.34. The lowest BCUT2D eigenvalue weighted by molar-refractivity contribution is 0.0955. The van der Waals surface area contributed by atoms with Gasteiger partial charge in [-0.25, -0.2) is 5.43 Å². The van der Waals surface area contributed by atoms with Gasteiger partial charge in [0.25, 0.3) is 5.91 Å². The zero-order valence-corrected chi connectivity index (χ0v) is 13.9. The molecule has 3 nitrogen and oxygen atoms in total. The Morgan fingerprint density at radius 2 is 1.62 bits per heavy atom. The SMILES string of the molecule is C/C(=N\NC(=O)c1ccc(Br)cc1)c1ccc(C)c(C)c1. The van der Waals surface area contributed by atoms with Crippen molar-refractivity contribution in [2.45, 2.75) is 20.8 Å². The minimum Gasteiger partial charge on any atom is -0.267 e. The van der Waals surface area contributed by atoms with Crippen LogP contribution in [0.15, 0.2) is 52.0 Å². The van der Waals surface area contributed by atoms with Crippen LogP contribution in [0, 0.1) is 13.8 Å². The van der Waals surface area contributed by atoms with Crippen molar-refractivity contribution >= 4 is 27.5 Å². The highest BCUT2D eigenvalue weighted by atomic mass is 79.9. The van der Waals surface area contributed by atoms with Crippen molar-refractivity contribution in [1.82, 2.24) is 5.43 Å².